The third-order valence-electron chi connectivity index (χ3n) is 5.21. The van der Waals surface area contributed by atoms with Crippen LogP contribution in [0.25, 0.3) is 0 Å². The predicted molar refractivity (Wildman–Crippen MR) is 117 cm³/mol. The number of hydrogen-bond donors (Lipinski definition) is 1. The first-order valence-electron chi connectivity index (χ1n) is 9.87. The summed E-state index contributed by atoms with van der Waals surface area (Å²) in [6, 6.07) is 11.6. The number of halogens is 1. The average molecular weight is 445 g/mol. The van der Waals surface area contributed by atoms with Crippen molar-refractivity contribution in [3.8, 4) is 5.75 Å². The molecule has 0 radical (unpaired) electrons. The molecule has 1 N–H and O–H groups in total. The molecule has 3 rings (SSSR count). The monoisotopic (exact) mass is 444 g/mol. The molecule has 0 aliphatic heterocycles. The molecule has 0 aliphatic carbocycles. The summed E-state index contributed by atoms with van der Waals surface area (Å²) in [7, 11) is -2.47. The van der Waals surface area contributed by atoms with Crippen molar-refractivity contribution >= 4 is 21.6 Å². The number of carbonyl (C=O) groups excluding carboxylic acids is 1. The number of nitrogens with one attached hydrogen (secondary N) is 1. The van der Waals surface area contributed by atoms with Gasteiger partial charge in [-0.15, -0.1) is 0 Å². The van der Waals surface area contributed by atoms with Crippen LogP contribution in [0.3, 0.4) is 0 Å². The average Bonchev–Trinajstić information content (AvgIpc) is 2.99. The van der Waals surface area contributed by atoms with Crippen LogP contribution in [0.1, 0.15) is 35.0 Å². The molecule has 6 nitrogen and oxygen atoms in total. The molecule has 2 aromatic carbocycles. The quantitative estimate of drug-likeness (QED) is 0.571. The van der Waals surface area contributed by atoms with E-state index in [2.05, 4.69) is 5.32 Å². The van der Waals surface area contributed by atoms with E-state index in [0.717, 1.165) is 12.1 Å². The summed E-state index contributed by atoms with van der Waals surface area (Å²) < 4.78 is 48.1. The Bertz CT molecular complexity index is 1220. The Morgan fingerprint density at radius 3 is 2.32 bits per heavy atom. The van der Waals surface area contributed by atoms with Crippen LogP contribution in [-0.2, 0) is 16.4 Å². The summed E-state index contributed by atoms with van der Waals surface area (Å²) in [4.78, 5) is 12.9. The highest BCUT2D eigenvalue weighted by Crippen LogP contribution is 2.36. The molecule has 1 aromatic heterocycles. The lowest BCUT2D eigenvalue weighted by Gasteiger charge is -2.14. The highest BCUT2D eigenvalue weighted by molar-refractivity contribution is 7.91. The smallest absolute Gasteiger partial charge is 0.259 e. The number of amides is 1. The van der Waals surface area contributed by atoms with Crippen LogP contribution in [-0.4, -0.2) is 26.0 Å². The number of sulfone groups is 1. The van der Waals surface area contributed by atoms with Crippen molar-refractivity contribution in [2.24, 2.45) is 0 Å². The number of hydrogen-bond acceptors (Lipinski definition) is 4. The fourth-order valence-electron chi connectivity index (χ4n) is 3.48. The largest absolute Gasteiger partial charge is 0.497 e. The lowest BCUT2D eigenvalue weighted by atomic mass is 10.2. The fraction of sp³-hybridized carbons (Fsp3) is 0.261. The van der Waals surface area contributed by atoms with Crippen LogP contribution < -0.4 is 10.1 Å². The SMILES string of the molecule is CCCn1c(C)c(C)c(S(=O)(=O)c2ccc(OC)cc2)c1NC(=O)c1ccccc1F. The van der Waals surface area contributed by atoms with Crippen molar-refractivity contribution in [2.75, 3.05) is 12.4 Å². The lowest BCUT2D eigenvalue weighted by molar-refractivity contribution is 0.102. The minimum Gasteiger partial charge on any atom is -0.497 e. The highest BCUT2D eigenvalue weighted by atomic mass is 32.2. The normalized spacial score (nSPS) is 11.4. The van der Waals surface area contributed by atoms with Gasteiger partial charge >= 0.3 is 0 Å². The van der Waals surface area contributed by atoms with Gasteiger partial charge in [-0.1, -0.05) is 19.1 Å². The van der Waals surface area contributed by atoms with Crippen molar-refractivity contribution in [1.29, 1.82) is 0 Å². The first kappa shape index (κ1) is 22.6. The summed E-state index contributed by atoms with van der Waals surface area (Å²) in [6.07, 6.45) is 0.722. The van der Waals surface area contributed by atoms with E-state index in [9.17, 15) is 17.6 Å². The molecule has 0 saturated carbocycles. The van der Waals surface area contributed by atoms with Gasteiger partial charge in [0, 0.05) is 12.2 Å². The molecule has 0 atom stereocenters. The summed E-state index contributed by atoms with van der Waals surface area (Å²) in [5.41, 5.74) is 1.10. The third-order valence-corrected chi connectivity index (χ3v) is 7.14. The van der Waals surface area contributed by atoms with Crippen molar-refractivity contribution in [2.45, 2.75) is 43.5 Å². The highest BCUT2D eigenvalue weighted by Gasteiger charge is 2.31. The van der Waals surface area contributed by atoms with E-state index in [1.807, 2.05) is 6.92 Å². The Hall–Kier alpha value is -3.13. The van der Waals surface area contributed by atoms with Gasteiger partial charge in [0.25, 0.3) is 5.91 Å². The molecule has 3 aromatic rings. The van der Waals surface area contributed by atoms with Gasteiger partial charge < -0.3 is 14.6 Å². The zero-order valence-corrected chi connectivity index (χ0v) is 18.7. The van der Waals surface area contributed by atoms with Gasteiger partial charge in [0.1, 0.15) is 22.3 Å². The standard InChI is InChI=1S/C23H25FN2O4S/c1-5-14-26-16(3)15(2)21(31(28,29)18-12-10-17(30-4)11-13-18)22(26)25-23(27)19-8-6-7-9-20(19)24/h6-13H,5,14H2,1-4H3,(H,25,27). The van der Waals surface area contributed by atoms with Gasteiger partial charge in [0.2, 0.25) is 9.84 Å². The van der Waals surface area contributed by atoms with Crippen LogP contribution in [0.2, 0.25) is 0 Å². The van der Waals surface area contributed by atoms with E-state index in [0.29, 0.717) is 17.9 Å². The number of carbonyl (C=O) groups is 1. The van der Waals surface area contributed by atoms with E-state index in [1.165, 1.54) is 37.4 Å². The molecule has 0 saturated heterocycles. The summed E-state index contributed by atoms with van der Waals surface area (Å²) in [5.74, 6) is -0.717. The third kappa shape index (κ3) is 4.20. The number of ether oxygens (including phenoxy) is 1. The second-order valence-electron chi connectivity index (χ2n) is 7.15. The lowest BCUT2D eigenvalue weighted by Crippen LogP contribution is -2.19. The van der Waals surface area contributed by atoms with Gasteiger partial charge in [-0.3, -0.25) is 4.79 Å². The summed E-state index contributed by atoms with van der Waals surface area (Å²) in [5, 5.41) is 2.66. The molecule has 8 heteroatoms. The van der Waals surface area contributed by atoms with Crippen LogP contribution in [0, 0.1) is 19.7 Å². The van der Waals surface area contributed by atoms with Crippen molar-refractivity contribution in [3.63, 3.8) is 0 Å². The Kier molecular flexibility index (Phi) is 6.50. The van der Waals surface area contributed by atoms with E-state index in [-0.39, 0.29) is 21.2 Å². The Labute approximate surface area is 181 Å². The van der Waals surface area contributed by atoms with Gasteiger partial charge in [0.05, 0.1) is 17.6 Å². The maximum atomic E-state index is 14.1. The molecule has 1 heterocycles. The molecule has 164 valence electrons. The number of benzene rings is 2. The maximum absolute atomic E-state index is 14.1. The van der Waals surface area contributed by atoms with Gasteiger partial charge in [0.15, 0.2) is 0 Å². The number of rotatable bonds is 7. The van der Waals surface area contributed by atoms with E-state index >= 15 is 0 Å². The molecule has 0 spiro atoms. The second-order valence-corrected chi connectivity index (χ2v) is 9.04. The van der Waals surface area contributed by atoms with Crippen LogP contribution >= 0.6 is 0 Å². The van der Waals surface area contributed by atoms with Gasteiger partial charge in [-0.05, 0) is 62.2 Å². The Balaban J connectivity index is 2.17. The zero-order valence-electron chi connectivity index (χ0n) is 17.9. The molecular formula is C23H25FN2O4S. The molecule has 1 amide bonds. The first-order chi connectivity index (χ1) is 14.7. The van der Waals surface area contributed by atoms with Crippen LogP contribution in [0.5, 0.6) is 5.75 Å². The number of aromatic nitrogens is 1. The second kappa shape index (κ2) is 8.93. The molecule has 0 fully saturated rings. The predicted octanol–water partition coefficient (Wildman–Crippen LogP) is 4.75. The molecule has 31 heavy (non-hydrogen) atoms. The Morgan fingerprint density at radius 1 is 1.10 bits per heavy atom. The van der Waals surface area contributed by atoms with Crippen molar-refractivity contribution in [3.05, 3.63) is 71.2 Å². The van der Waals surface area contributed by atoms with E-state index < -0.39 is 21.6 Å². The zero-order chi connectivity index (χ0) is 22.8. The van der Waals surface area contributed by atoms with Gasteiger partial charge in [-0.25, -0.2) is 12.8 Å². The topological polar surface area (TPSA) is 77.4 Å². The molecule has 0 bridgehead atoms. The summed E-state index contributed by atoms with van der Waals surface area (Å²) in [6.45, 7) is 5.96. The van der Waals surface area contributed by atoms with E-state index in [1.54, 1.807) is 36.6 Å². The first-order valence-corrected chi connectivity index (χ1v) is 11.3. The number of anilines is 1. The molecular weight excluding hydrogens is 419 g/mol. The van der Waals surface area contributed by atoms with Crippen molar-refractivity contribution in [1.82, 2.24) is 4.57 Å². The van der Waals surface area contributed by atoms with Crippen molar-refractivity contribution < 1.29 is 22.3 Å². The Morgan fingerprint density at radius 2 is 1.74 bits per heavy atom. The van der Waals surface area contributed by atoms with E-state index in [4.69, 9.17) is 4.74 Å². The minimum atomic E-state index is -3.97. The maximum Gasteiger partial charge on any atom is 0.259 e. The molecule has 0 aliphatic rings. The van der Waals surface area contributed by atoms with Gasteiger partial charge in [-0.2, -0.15) is 0 Å². The molecule has 0 unspecified atom stereocenters. The minimum absolute atomic E-state index is 0.00769. The number of methoxy groups -OCH3 is 1. The summed E-state index contributed by atoms with van der Waals surface area (Å²) >= 11 is 0. The number of nitrogens with zero attached hydrogens (tertiary/aromatic N) is 1. The van der Waals surface area contributed by atoms with Crippen LogP contribution in [0.15, 0.2) is 58.3 Å². The fourth-order valence-corrected chi connectivity index (χ4v) is 5.18. The van der Waals surface area contributed by atoms with Crippen LogP contribution in [0.4, 0.5) is 10.2 Å².